The molecule has 1 atom stereocenters. The minimum Gasteiger partial charge on any atom is -0.372 e. The van der Waals surface area contributed by atoms with Crippen LogP contribution < -0.4 is 0 Å². The molecule has 1 amide bonds. The van der Waals surface area contributed by atoms with Crippen LogP contribution in [-0.2, 0) is 9.53 Å². The summed E-state index contributed by atoms with van der Waals surface area (Å²) in [4.78, 5) is 13.4. The van der Waals surface area contributed by atoms with Gasteiger partial charge in [-0.05, 0) is 19.6 Å². The van der Waals surface area contributed by atoms with Gasteiger partial charge >= 0.3 is 0 Å². The number of carbonyl (C=O) groups is 1. The van der Waals surface area contributed by atoms with Gasteiger partial charge < -0.3 is 9.64 Å². The maximum Gasteiger partial charge on any atom is 0.248 e. The quantitative estimate of drug-likeness (QED) is 0.651. The van der Waals surface area contributed by atoms with E-state index in [1.807, 2.05) is 14.0 Å². The maximum absolute atomic E-state index is 11.6. The summed E-state index contributed by atoms with van der Waals surface area (Å²) in [5, 5.41) is 0. The van der Waals surface area contributed by atoms with Crippen molar-refractivity contribution in [2.45, 2.75) is 26.3 Å². The molecule has 0 radical (unpaired) electrons. The third kappa shape index (κ3) is 4.86. The molecule has 0 aliphatic rings. The molecule has 1 unspecified atom stereocenters. The molecular formula is C10H21NO2S. The Kier molecular flexibility index (Phi) is 7.99. The van der Waals surface area contributed by atoms with E-state index in [9.17, 15) is 4.79 Å². The minimum absolute atomic E-state index is 0.0766. The number of rotatable bonds is 7. The van der Waals surface area contributed by atoms with E-state index in [-0.39, 0.29) is 12.5 Å². The first kappa shape index (κ1) is 13.8. The van der Waals surface area contributed by atoms with Gasteiger partial charge in [0.15, 0.2) is 0 Å². The molecular weight excluding hydrogens is 198 g/mol. The van der Waals surface area contributed by atoms with Crippen molar-refractivity contribution in [2.75, 3.05) is 32.3 Å². The lowest BCUT2D eigenvalue weighted by Gasteiger charge is -2.26. The summed E-state index contributed by atoms with van der Waals surface area (Å²) >= 11 is 1.77. The molecule has 0 heterocycles. The zero-order valence-corrected chi connectivity index (χ0v) is 10.4. The molecule has 0 spiro atoms. The van der Waals surface area contributed by atoms with E-state index in [4.69, 9.17) is 4.74 Å². The average Bonchev–Trinajstić information content (AvgIpc) is 2.21. The van der Waals surface area contributed by atoms with Crippen LogP contribution in [0.4, 0.5) is 0 Å². The Morgan fingerprint density at radius 3 is 2.57 bits per heavy atom. The molecule has 84 valence electrons. The van der Waals surface area contributed by atoms with E-state index in [2.05, 4.69) is 13.2 Å². The lowest BCUT2D eigenvalue weighted by molar-refractivity contribution is -0.136. The fraction of sp³-hybridized carbons (Fsp3) is 0.900. The smallest absolute Gasteiger partial charge is 0.248 e. The summed E-state index contributed by atoms with van der Waals surface area (Å²) in [6.07, 6.45) is 3.05. The second-order valence-corrected chi connectivity index (χ2v) is 4.07. The number of hydrogen-bond acceptors (Lipinski definition) is 3. The van der Waals surface area contributed by atoms with E-state index in [1.165, 1.54) is 0 Å². The van der Waals surface area contributed by atoms with Crippen molar-refractivity contribution in [3.05, 3.63) is 0 Å². The predicted octanol–water partition coefficient (Wildman–Crippen LogP) is 1.62. The fourth-order valence-corrected chi connectivity index (χ4v) is 2.03. The topological polar surface area (TPSA) is 29.5 Å². The van der Waals surface area contributed by atoms with Crippen molar-refractivity contribution in [3.8, 4) is 0 Å². The first-order chi connectivity index (χ1) is 6.67. The summed E-state index contributed by atoms with van der Waals surface area (Å²) in [5.41, 5.74) is 0. The van der Waals surface area contributed by atoms with Crippen LogP contribution in [0, 0.1) is 0 Å². The normalized spacial score (nSPS) is 12.6. The highest BCUT2D eigenvalue weighted by Crippen LogP contribution is 2.08. The largest absolute Gasteiger partial charge is 0.372 e. The predicted molar refractivity (Wildman–Crippen MR) is 61.7 cm³/mol. The first-order valence-corrected chi connectivity index (χ1v) is 6.39. The van der Waals surface area contributed by atoms with Gasteiger partial charge in [0.25, 0.3) is 0 Å². The standard InChI is InChI=1S/C10H21NO2S/c1-5-9(8-14-4)11(3)10(12)7-13-6-2/h9H,5-8H2,1-4H3. The van der Waals surface area contributed by atoms with Gasteiger partial charge in [-0.2, -0.15) is 11.8 Å². The number of nitrogens with zero attached hydrogens (tertiary/aromatic N) is 1. The van der Waals surface area contributed by atoms with Gasteiger partial charge in [-0.3, -0.25) is 4.79 Å². The van der Waals surface area contributed by atoms with Crippen LogP contribution in [0.2, 0.25) is 0 Å². The Labute approximate surface area is 91.2 Å². The number of likely N-dealkylation sites (N-methyl/N-ethyl adjacent to an activating group) is 1. The van der Waals surface area contributed by atoms with E-state index in [0.717, 1.165) is 12.2 Å². The molecule has 0 aromatic carbocycles. The Balaban J connectivity index is 3.98. The fourth-order valence-electron chi connectivity index (χ4n) is 1.19. The van der Waals surface area contributed by atoms with Crippen LogP contribution in [0.25, 0.3) is 0 Å². The van der Waals surface area contributed by atoms with Crippen molar-refractivity contribution in [2.24, 2.45) is 0 Å². The third-order valence-electron chi connectivity index (χ3n) is 2.20. The van der Waals surface area contributed by atoms with Gasteiger partial charge in [-0.1, -0.05) is 6.92 Å². The van der Waals surface area contributed by atoms with Gasteiger partial charge in [0.1, 0.15) is 6.61 Å². The van der Waals surface area contributed by atoms with E-state index >= 15 is 0 Å². The molecule has 0 bridgehead atoms. The van der Waals surface area contributed by atoms with Crippen molar-refractivity contribution >= 4 is 17.7 Å². The summed E-state index contributed by atoms with van der Waals surface area (Å²) in [6.45, 7) is 4.80. The SMILES string of the molecule is CCOCC(=O)N(C)C(CC)CSC. The Bertz CT molecular complexity index is 164. The monoisotopic (exact) mass is 219 g/mol. The van der Waals surface area contributed by atoms with Gasteiger partial charge in [0, 0.05) is 25.4 Å². The summed E-state index contributed by atoms with van der Waals surface area (Å²) in [7, 11) is 1.85. The maximum atomic E-state index is 11.6. The summed E-state index contributed by atoms with van der Waals surface area (Å²) in [5.74, 6) is 1.07. The Hall–Kier alpha value is -0.220. The Morgan fingerprint density at radius 2 is 2.14 bits per heavy atom. The molecule has 0 fully saturated rings. The second-order valence-electron chi connectivity index (χ2n) is 3.16. The van der Waals surface area contributed by atoms with Crippen molar-refractivity contribution in [3.63, 3.8) is 0 Å². The molecule has 0 aromatic rings. The third-order valence-corrected chi connectivity index (χ3v) is 2.92. The highest BCUT2D eigenvalue weighted by Gasteiger charge is 2.17. The van der Waals surface area contributed by atoms with E-state index < -0.39 is 0 Å². The van der Waals surface area contributed by atoms with Crippen molar-refractivity contribution in [1.82, 2.24) is 4.90 Å². The van der Waals surface area contributed by atoms with Crippen LogP contribution in [0.1, 0.15) is 20.3 Å². The van der Waals surface area contributed by atoms with Crippen LogP contribution in [0.3, 0.4) is 0 Å². The van der Waals surface area contributed by atoms with Gasteiger partial charge in [0.2, 0.25) is 5.91 Å². The molecule has 4 heteroatoms. The van der Waals surface area contributed by atoms with Gasteiger partial charge in [0.05, 0.1) is 0 Å². The summed E-state index contributed by atoms with van der Waals surface area (Å²) in [6, 6.07) is 0.331. The van der Waals surface area contributed by atoms with Crippen molar-refractivity contribution < 1.29 is 9.53 Å². The lowest BCUT2D eigenvalue weighted by atomic mass is 10.2. The first-order valence-electron chi connectivity index (χ1n) is 4.99. The van der Waals surface area contributed by atoms with Crippen LogP contribution in [0.5, 0.6) is 0 Å². The number of ether oxygens (including phenoxy) is 1. The molecule has 14 heavy (non-hydrogen) atoms. The molecule has 0 rings (SSSR count). The molecule has 0 saturated heterocycles. The number of amides is 1. The lowest BCUT2D eigenvalue weighted by Crippen LogP contribution is -2.40. The minimum atomic E-state index is 0.0766. The van der Waals surface area contributed by atoms with Crippen LogP contribution >= 0.6 is 11.8 Å². The van der Waals surface area contributed by atoms with E-state index in [0.29, 0.717) is 12.6 Å². The molecule has 0 aliphatic carbocycles. The number of hydrogen-bond donors (Lipinski definition) is 0. The molecule has 0 N–H and O–H groups in total. The van der Waals surface area contributed by atoms with Gasteiger partial charge in [-0.25, -0.2) is 0 Å². The molecule has 0 aliphatic heterocycles. The zero-order valence-electron chi connectivity index (χ0n) is 9.58. The van der Waals surface area contributed by atoms with Crippen LogP contribution in [0.15, 0.2) is 0 Å². The second kappa shape index (κ2) is 8.12. The number of carbonyl (C=O) groups excluding carboxylic acids is 1. The zero-order chi connectivity index (χ0) is 11.0. The molecule has 0 saturated carbocycles. The van der Waals surface area contributed by atoms with Crippen molar-refractivity contribution in [1.29, 1.82) is 0 Å². The molecule has 0 aromatic heterocycles. The van der Waals surface area contributed by atoms with E-state index in [1.54, 1.807) is 16.7 Å². The Morgan fingerprint density at radius 1 is 1.50 bits per heavy atom. The van der Waals surface area contributed by atoms with Crippen LogP contribution in [-0.4, -0.2) is 49.1 Å². The molecule has 3 nitrogen and oxygen atoms in total. The highest BCUT2D eigenvalue weighted by molar-refractivity contribution is 7.98. The average molecular weight is 219 g/mol. The highest BCUT2D eigenvalue weighted by atomic mass is 32.2. The van der Waals surface area contributed by atoms with Gasteiger partial charge in [-0.15, -0.1) is 0 Å². The number of thioether (sulfide) groups is 1. The summed E-state index contributed by atoms with van der Waals surface area (Å²) < 4.78 is 5.09.